The first kappa shape index (κ1) is 16.4. The summed E-state index contributed by atoms with van der Waals surface area (Å²) in [5.41, 5.74) is 5.81. The van der Waals surface area contributed by atoms with E-state index >= 15 is 0 Å². The number of rotatable bonds is 6. The average molecular weight is 353 g/mol. The predicted octanol–water partition coefficient (Wildman–Crippen LogP) is 2.98. The maximum Gasteiger partial charge on any atom is 0.245 e. The molecular weight excluding hydrogens is 335 g/mol. The molecule has 0 fully saturated rings. The average Bonchev–Trinajstić information content (AvgIpc) is 2.33. The first-order valence-electron chi connectivity index (χ1n) is 6.01. The van der Waals surface area contributed by atoms with Crippen molar-refractivity contribution in [3.05, 3.63) is 22.4 Å². The SMILES string of the molecule is CCCCCN(C)S(=O)(=O)c1cc(N)c(Br)cc1F. The van der Waals surface area contributed by atoms with Gasteiger partial charge in [-0.15, -0.1) is 0 Å². The normalized spacial score (nSPS) is 12.1. The Morgan fingerprint density at radius 3 is 2.58 bits per heavy atom. The summed E-state index contributed by atoms with van der Waals surface area (Å²) in [4.78, 5) is -0.382. The van der Waals surface area contributed by atoms with Gasteiger partial charge in [0.1, 0.15) is 10.7 Å². The van der Waals surface area contributed by atoms with Crippen LogP contribution in [-0.2, 0) is 10.0 Å². The first-order valence-corrected chi connectivity index (χ1v) is 8.24. The lowest BCUT2D eigenvalue weighted by molar-refractivity contribution is 0.449. The predicted molar refractivity (Wildman–Crippen MR) is 77.9 cm³/mol. The highest BCUT2D eigenvalue weighted by Crippen LogP contribution is 2.27. The van der Waals surface area contributed by atoms with Crippen LogP contribution in [0.3, 0.4) is 0 Å². The van der Waals surface area contributed by atoms with Crippen molar-refractivity contribution in [3.8, 4) is 0 Å². The quantitative estimate of drug-likeness (QED) is 0.632. The van der Waals surface area contributed by atoms with Crippen LogP contribution in [0.2, 0.25) is 0 Å². The standard InChI is InChI=1S/C12H18BrFN2O2S/c1-3-4-5-6-16(2)19(17,18)12-8-11(15)9(13)7-10(12)14/h7-8H,3-6,15H2,1-2H3. The molecule has 2 N–H and O–H groups in total. The van der Waals surface area contributed by atoms with Gasteiger partial charge in [-0.3, -0.25) is 0 Å². The Kier molecular flexibility index (Phi) is 5.76. The lowest BCUT2D eigenvalue weighted by atomic mass is 10.2. The molecule has 0 aliphatic carbocycles. The van der Waals surface area contributed by atoms with Crippen LogP contribution in [0.1, 0.15) is 26.2 Å². The van der Waals surface area contributed by atoms with E-state index < -0.39 is 15.8 Å². The minimum Gasteiger partial charge on any atom is -0.398 e. The second-order valence-corrected chi connectivity index (χ2v) is 7.21. The molecule has 0 aliphatic heterocycles. The molecule has 0 aromatic heterocycles. The molecule has 0 radical (unpaired) electrons. The Bertz CT molecular complexity index is 549. The fourth-order valence-electron chi connectivity index (χ4n) is 1.62. The van der Waals surface area contributed by atoms with Crippen LogP contribution in [0.25, 0.3) is 0 Å². The van der Waals surface area contributed by atoms with Crippen molar-refractivity contribution >= 4 is 31.6 Å². The van der Waals surface area contributed by atoms with Crippen LogP contribution in [0.4, 0.5) is 10.1 Å². The third-order valence-corrected chi connectivity index (χ3v) is 5.37. The summed E-state index contributed by atoms with van der Waals surface area (Å²) in [6.45, 7) is 2.40. The molecule has 0 saturated heterocycles. The van der Waals surface area contributed by atoms with Crippen LogP contribution in [0.5, 0.6) is 0 Å². The van der Waals surface area contributed by atoms with E-state index in [9.17, 15) is 12.8 Å². The first-order chi connectivity index (χ1) is 8.80. The fourth-order valence-corrected chi connectivity index (χ4v) is 3.22. The van der Waals surface area contributed by atoms with Crippen molar-refractivity contribution in [3.63, 3.8) is 0 Å². The molecule has 0 unspecified atom stereocenters. The zero-order valence-electron chi connectivity index (χ0n) is 11.0. The third kappa shape index (κ3) is 3.90. The number of nitrogens with zero attached hydrogens (tertiary/aromatic N) is 1. The Hall–Kier alpha value is -0.660. The molecule has 1 rings (SSSR count). The van der Waals surface area contributed by atoms with Crippen LogP contribution < -0.4 is 5.73 Å². The van der Waals surface area contributed by atoms with Crippen LogP contribution in [-0.4, -0.2) is 26.3 Å². The fraction of sp³-hybridized carbons (Fsp3) is 0.500. The molecular formula is C12H18BrFN2O2S. The topological polar surface area (TPSA) is 63.4 Å². The molecule has 0 amide bonds. The molecule has 4 nitrogen and oxygen atoms in total. The van der Waals surface area contributed by atoms with E-state index in [1.165, 1.54) is 7.05 Å². The van der Waals surface area contributed by atoms with E-state index in [0.29, 0.717) is 11.0 Å². The second-order valence-electron chi connectivity index (χ2n) is 4.34. The van der Waals surface area contributed by atoms with Gasteiger partial charge in [0.25, 0.3) is 0 Å². The zero-order valence-corrected chi connectivity index (χ0v) is 13.4. The van der Waals surface area contributed by atoms with E-state index in [1.54, 1.807) is 0 Å². The molecule has 0 heterocycles. The van der Waals surface area contributed by atoms with E-state index in [4.69, 9.17) is 5.73 Å². The van der Waals surface area contributed by atoms with Gasteiger partial charge < -0.3 is 5.73 Å². The van der Waals surface area contributed by atoms with Crippen molar-refractivity contribution in [2.24, 2.45) is 0 Å². The summed E-state index contributed by atoms with van der Waals surface area (Å²) in [5.74, 6) is -0.802. The van der Waals surface area contributed by atoms with E-state index in [2.05, 4.69) is 15.9 Å². The summed E-state index contributed by atoms with van der Waals surface area (Å²) in [7, 11) is -2.38. The van der Waals surface area contributed by atoms with E-state index in [-0.39, 0.29) is 10.6 Å². The molecule has 7 heteroatoms. The van der Waals surface area contributed by atoms with Crippen LogP contribution in [0, 0.1) is 5.82 Å². The van der Waals surface area contributed by atoms with Crippen molar-refractivity contribution < 1.29 is 12.8 Å². The summed E-state index contributed by atoms with van der Waals surface area (Å²) in [5, 5.41) is 0. The number of hydrogen-bond donors (Lipinski definition) is 1. The minimum atomic E-state index is -3.83. The number of nitrogens with two attached hydrogens (primary N) is 1. The van der Waals surface area contributed by atoms with Gasteiger partial charge in [0, 0.05) is 23.8 Å². The van der Waals surface area contributed by atoms with Gasteiger partial charge in [-0.1, -0.05) is 19.8 Å². The van der Waals surface area contributed by atoms with Gasteiger partial charge in [-0.2, -0.15) is 0 Å². The highest BCUT2D eigenvalue weighted by atomic mass is 79.9. The van der Waals surface area contributed by atoms with Crippen molar-refractivity contribution in [1.29, 1.82) is 0 Å². The Balaban J connectivity index is 3.03. The van der Waals surface area contributed by atoms with Gasteiger partial charge in [0.05, 0.1) is 0 Å². The molecule has 1 aromatic carbocycles. The number of benzene rings is 1. The summed E-state index contributed by atoms with van der Waals surface area (Å²) in [6, 6.07) is 2.22. The van der Waals surface area contributed by atoms with Crippen LogP contribution in [0.15, 0.2) is 21.5 Å². The van der Waals surface area contributed by atoms with Crippen molar-refractivity contribution in [2.45, 2.75) is 31.1 Å². The monoisotopic (exact) mass is 352 g/mol. The molecule has 0 saturated carbocycles. The highest BCUT2D eigenvalue weighted by molar-refractivity contribution is 9.10. The summed E-state index contributed by atoms with van der Waals surface area (Å²) >= 11 is 3.06. The number of nitrogen functional groups attached to an aromatic ring is 1. The third-order valence-electron chi connectivity index (χ3n) is 2.82. The lowest BCUT2D eigenvalue weighted by Gasteiger charge is -2.18. The summed E-state index contributed by atoms with van der Waals surface area (Å²) in [6.07, 6.45) is 2.68. The second kappa shape index (κ2) is 6.67. The van der Waals surface area contributed by atoms with Gasteiger partial charge in [0.15, 0.2) is 0 Å². The van der Waals surface area contributed by atoms with E-state index in [0.717, 1.165) is 35.7 Å². The highest BCUT2D eigenvalue weighted by Gasteiger charge is 2.25. The van der Waals surface area contributed by atoms with Gasteiger partial charge in [-0.05, 0) is 34.5 Å². The van der Waals surface area contributed by atoms with Crippen LogP contribution >= 0.6 is 15.9 Å². The zero-order chi connectivity index (χ0) is 14.6. The molecule has 0 atom stereocenters. The number of unbranched alkanes of at least 4 members (excludes halogenated alkanes) is 2. The van der Waals surface area contributed by atoms with Crippen molar-refractivity contribution in [1.82, 2.24) is 4.31 Å². The number of anilines is 1. The Morgan fingerprint density at radius 1 is 1.37 bits per heavy atom. The Labute approximate surface area is 122 Å². The number of halogens is 2. The molecule has 1 aromatic rings. The van der Waals surface area contributed by atoms with Gasteiger partial charge in [0.2, 0.25) is 10.0 Å². The smallest absolute Gasteiger partial charge is 0.245 e. The number of hydrogen-bond acceptors (Lipinski definition) is 3. The molecule has 0 spiro atoms. The van der Waals surface area contributed by atoms with Crippen molar-refractivity contribution in [2.75, 3.05) is 19.3 Å². The molecule has 0 bridgehead atoms. The molecule has 0 aliphatic rings. The van der Waals surface area contributed by atoms with Gasteiger partial charge >= 0.3 is 0 Å². The maximum atomic E-state index is 13.8. The maximum absolute atomic E-state index is 13.8. The molecule has 108 valence electrons. The number of sulfonamides is 1. The summed E-state index contributed by atoms with van der Waals surface area (Å²) < 4.78 is 39.7. The van der Waals surface area contributed by atoms with Gasteiger partial charge in [-0.25, -0.2) is 17.1 Å². The largest absolute Gasteiger partial charge is 0.398 e. The van der Waals surface area contributed by atoms with E-state index in [1.807, 2.05) is 6.92 Å². The lowest BCUT2D eigenvalue weighted by Crippen LogP contribution is -2.28. The minimum absolute atomic E-state index is 0.196. The molecule has 19 heavy (non-hydrogen) atoms. The Morgan fingerprint density at radius 2 is 2.00 bits per heavy atom.